The molecular weight excluding hydrogens is 336 g/mol. The number of esters is 1. The number of amides is 2. The average Bonchev–Trinajstić information content (AvgIpc) is 3.30. The number of carbonyl (C=O) groups excluding carboxylic acids is 2. The topological polar surface area (TPSA) is 91.1 Å². The van der Waals surface area contributed by atoms with Gasteiger partial charge in [0, 0.05) is 19.0 Å². The Morgan fingerprint density at radius 1 is 1.12 bits per heavy atom. The summed E-state index contributed by atoms with van der Waals surface area (Å²) in [6.07, 6.45) is 4.62. The van der Waals surface area contributed by atoms with E-state index in [9.17, 15) is 9.59 Å². The van der Waals surface area contributed by atoms with Crippen LogP contribution in [0.1, 0.15) is 37.2 Å². The Morgan fingerprint density at radius 3 is 2.46 bits per heavy atom. The first-order valence-corrected chi connectivity index (χ1v) is 9.00. The van der Waals surface area contributed by atoms with Crippen LogP contribution < -0.4 is 15.2 Å². The first kappa shape index (κ1) is 18.4. The normalized spacial score (nSPS) is 23.1. The van der Waals surface area contributed by atoms with E-state index >= 15 is 0 Å². The smallest absolute Gasteiger partial charge is 0.314 e. The number of likely N-dealkylation sites (tertiary alicyclic amines) is 1. The quantitative estimate of drug-likeness (QED) is 0.812. The van der Waals surface area contributed by atoms with Crippen LogP contribution in [0.5, 0.6) is 11.5 Å². The molecule has 2 fully saturated rings. The van der Waals surface area contributed by atoms with Crippen molar-refractivity contribution in [3.8, 4) is 11.5 Å². The Kier molecular flexibility index (Phi) is 5.54. The summed E-state index contributed by atoms with van der Waals surface area (Å²) >= 11 is 0. The summed E-state index contributed by atoms with van der Waals surface area (Å²) in [4.78, 5) is 25.3. The number of rotatable bonds is 5. The Morgan fingerprint density at radius 2 is 1.85 bits per heavy atom. The molecule has 1 aromatic carbocycles. The van der Waals surface area contributed by atoms with Crippen LogP contribution in [0.2, 0.25) is 0 Å². The standard InChI is InChI=1S/C19H26N2O5/c1-24-16-8-7-12(9-17(16)26-13-5-3-4-6-13)14-10-21(19(20)23)11-15(14)18(22)25-2/h7-9,13-15H,3-6,10-11H2,1-2H3,(H2,20,23)/t14-,15-/m1/s1. The molecule has 26 heavy (non-hydrogen) atoms. The molecule has 1 saturated heterocycles. The summed E-state index contributed by atoms with van der Waals surface area (Å²) in [5.74, 6) is 0.373. The number of hydrogen-bond acceptors (Lipinski definition) is 5. The van der Waals surface area contributed by atoms with Gasteiger partial charge in [0.05, 0.1) is 26.2 Å². The molecule has 0 bridgehead atoms. The Hall–Kier alpha value is -2.44. The maximum absolute atomic E-state index is 12.2. The van der Waals surface area contributed by atoms with E-state index in [1.165, 1.54) is 24.9 Å². The number of primary amides is 1. The van der Waals surface area contributed by atoms with E-state index in [2.05, 4.69) is 0 Å². The van der Waals surface area contributed by atoms with Crippen LogP contribution in [0.4, 0.5) is 4.79 Å². The van der Waals surface area contributed by atoms with Crippen molar-refractivity contribution in [3.63, 3.8) is 0 Å². The zero-order valence-corrected chi connectivity index (χ0v) is 15.3. The van der Waals surface area contributed by atoms with Crippen molar-refractivity contribution in [2.75, 3.05) is 27.3 Å². The lowest BCUT2D eigenvalue weighted by atomic mass is 9.89. The van der Waals surface area contributed by atoms with Crippen molar-refractivity contribution in [1.82, 2.24) is 4.90 Å². The molecule has 2 aliphatic rings. The van der Waals surface area contributed by atoms with E-state index in [1.54, 1.807) is 7.11 Å². The Labute approximate surface area is 153 Å². The zero-order chi connectivity index (χ0) is 18.7. The molecule has 0 spiro atoms. The van der Waals surface area contributed by atoms with Gasteiger partial charge in [-0.05, 0) is 43.4 Å². The van der Waals surface area contributed by atoms with Crippen molar-refractivity contribution in [2.24, 2.45) is 11.7 Å². The third-order valence-electron chi connectivity index (χ3n) is 5.35. The molecule has 1 aliphatic carbocycles. The molecule has 1 heterocycles. The molecule has 0 unspecified atom stereocenters. The van der Waals surface area contributed by atoms with Gasteiger partial charge in [0.1, 0.15) is 0 Å². The molecule has 1 aliphatic heterocycles. The fraction of sp³-hybridized carbons (Fsp3) is 0.579. The van der Waals surface area contributed by atoms with Gasteiger partial charge in [-0.15, -0.1) is 0 Å². The van der Waals surface area contributed by atoms with Crippen molar-refractivity contribution in [1.29, 1.82) is 0 Å². The van der Waals surface area contributed by atoms with Crippen LogP contribution >= 0.6 is 0 Å². The van der Waals surface area contributed by atoms with E-state index in [4.69, 9.17) is 19.9 Å². The Balaban J connectivity index is 1.88. The second-order valence-corrected chi connectivity index (χ2v) is 6.91. The number of urea groups is 1. The van der Waals surface area contributed by atoms with Crippen LogP contribution in [0.3, 0.4) is 0 Å². The van der Waals surface area contributed by atoms with E-state index < -0.39 is 11.9 Å². The fourth-order valence-electron chi connectivity index (χ4n) is 3.91. The lowest BCUT2D eigenvalue weighted by Crippen LogP contribution is -2.34. The van der Waals surface area contributed by atoms with Crippen molar-refractivity contribution < 1.29 is 23.8 Å². The summed E-state index contributed by atoms with van der Waals surface area (Å²) in [5.41, 5.74) is 6.33. The molecule has 1 saturated carbocycles. The minimum Gasteiger partial charge on any atom is -0.493 e. The van der Waals surface area contributed by atoms with E-state index in [0.717, 1.165) is 18.4 Å². The van der Waals surface area contributed by atoms with Crippen LogP contribution in [-0.2, 0) is 9.53 Å². The number of methoxy groups -OCH3 is 2. The Bertz CT molecular complexity index is 672. The highest BCUT2D eigenvalue weighted by molar-refractivity contribution is 5.78. The predicted molar refractivity (Wildman–Crippen MR) is 95.3 cm³/mol. The second kappa shape index (κ2) is 7.85. The molecule has 1 aromatic rings. The minimum atomic E-state index is -0.530. The number of nitrogens with two attached hydrogens (primary N) is 1. The highest BCUT2D eigenvalue weighted by Gasteiger charge is 2.41. The lowest BCUT2D eigenvalue weighted by Gasteiger charge is -2.20. The minimum absolute atomic E-state index is 0.188. The first-order valence-electron chi connectivity index (χ1n) is 9.00. The van der Waals surface area contributed by atoms with Crippen LogP contribution in [0.25, 0.3) is 0 Å². The van der Waals surface area contributed by atoms with Gasteiger partial charge in [-0.2, -0.15) is 0 Å². The van der Waals surface area contributed by atoms with Crippen molar-refractivity contribution >= 4 is 12.0 Å². The molecule has 7 nitrogen and oxygen atoms in total. The van der Waals surface area contributed by atoms with E-state index in [1.807, 2.05) is 18.2 Å². The van der Waals surface area contributed by atoms with E-state index in [-0.39, 0.29) is 24.5 Å². The molecule has 2 atom stereocenters. The molecule has 3 rings (SSSR count). The predicted octanol–water partition coefficient (Wildman–Crippen LogP) is 2.28. The summed E-state index contributed by atoms with van der Waals surface area (Å²) in [5, 5.41) is 0. The van der Waals surface area contributed by atoms with Gasteiger partial charge in [0.2, 0.25) is 0 Å². The highest BCUT2D eigenvalue weighted by Crippen LogP contribution is 2.39. The van der Waals surface area contributed by atoms with Crippen LogP contribution in [0, 0.1) is 5.92 Å². The van der Waals surface area contributed by atoms with Gasteiger partial charge in [0.15, 0.2) is 11.5 Å². The highest BCUT2D eigenvalue weighted by atomic mass is 16.5. The van der Waals surface area contributed by atoms with Crippen molar-refractivity contribution in [2.45, 2.75) is 37.7 Å². The molecule has 2 amide bonds. The number of carbonyl (C=O) groups is 2. The largest absolute Gasteiger partial charge is 0.493 e. The molecule has 0 aromatic heterocycles. The van der Waals surface area contributed by atoms with Crippen LogP contribution in [0.15, 0.2) is 18.2 Å². The third kappa shape index (κ3) is 3.71. The third-order valence-corrected chi connectivity index (χ3v) is 5.35. The molecule has 7 heteroatoms. The second-order valence-electron chi connectivity index (χ2n) is 6.91. The van der Waals surface area contributed by atoms with Gasteiger partial charge in [0.25, 0.3) is 0 Å². The number of nitrogens with zero attached hydrogens (tertiary/aromatic N) is 1. The summed E-state index contributed by atoms with van der Waals surface area (Å²) in [7, 11) is 2.97. The molecule has 0 radical (unpaired) electrons. The first-order chi connectivity index (χ1) is 12.5. The molecule has 142 valence electrons. The van der Waals surface area contributed by atoms with Crippen LogP contribution in [-0.4, -0.2) is 50.3 Å². The average molecular weight is 362 g/mol. The summed E-state index contributed by atoms with van der Waals surface area (Å²) < 4.78 is 16.5. The van der Waals surface area contributed by atoms with Gasteiger partial charge in [-0.25, -0.2) is 4.79 Å². The molecule has 2 N–H and O–H groups in total. The summed E-state index contributed by atoms with van der Waals surface area (Å²) in [6.45, 7) is 0.641. The summed E-state index contributed by atoms with van der Waals surface area (Å²) in [6, 6.07) is 5.14. The van der Waals surface area contributed by atoms with Gasteiger partial charge in [-0.1, -0.05) is 6.07 Å². The fourth-order valence-corrected chi connectivity index (χ4v) is 3.91. The van der Waals surface area contributed by atoms with Gasteiger partial charge >= 0.3 is 12.0 Å². The maximum atomic E-state index is 12.2. The number of benzene rings is 1. The number of ether oxygens (including phenoxy) is 3. The monoisotopic (exact) mass is 362 g/mol. The van der Waals surface area contributed by atoms with Gasteiger partial charge < -0.3 is 24.8 Å². The molecular formula is C19H26N2O5. The SMILES string of the molecule is COC(=O)[C@@H]1CN(C(N)=O)C[C@@H]1c1ccc(OC)c(OC2CCCC2)c1. The van der Waals surface area contributed by atoms with Crippen molar-refractivity contribution in [3.05, 3.63) is 23.8 Å². The maximum Gasteiger partial charge on any atom is 0.314 e. The van der Waals surface area contributed by atoms with Gasteiger partial charge in [-0.3, -0.25) is 4.79 Å². The zero-order valence-electron chi connectivity index (χ0n) is 15.3. The number of hydrogen-bond donors (Lipinski definition) is 1. The lowest BCUT2D eigenvalue weighted by molar-refractivity contribution is -0.145. The van der Waals surface area contributed by atoms with E-state index in [0.29, 0.717) is 18.0 Å².